The first-order chi connectivity index (χ1) is 8.92. The second-order valence-electron chi connectivity index (χ2n) is 4.66. The average Bonchev–Trinajstić information content (AvgIpc) is 2.89. The molecule has 2 N–H and O–H groups in total. The SMILES string of the molecule is c1ccc(Cc2nc(C3CCNCC3)n[nH]2)nc1. The second-order valence-corrected chi connectivity index (χ2v) is 4.66. The van der Waals surface area contributed by atoms with Crippen LogP contribution in [0.15, 0.2) is 24.4 Å². The molecule has 0 spiro atoms. The molecule has 3 heterocycles. The van der Waals surface area contributed by atoms with E-state index in [-0.39, 0.29) is 0 Å². The van der Waals surface area contributed by atoms with Gasteiger partial charge in [-0.3, -0.25) is 10.1 Å². The zero-order chi connectivity index (χ0) is 12.2. The highest BCUT2D eigenvalue weighted by atomic mass is 15.2. The minimum atomic E-state index is 0.500. The molecule has 0 unspecified atom stereocenters. The van der Waals surface area contributed by atoms with Crippen LogP contribution in [0.25, 0.3) is 0 Å². The molecule has 1 aliphatic heterocycles. The van der Waals surface area contributed by atoms with Gasteiger partial charge in [0.15, 0.2) is 5.82 Å². The Balaban J connectivity index is 1.69. The fraction of sp³-hybridized carbons (Fsp3) is 0.462. The van der Waals surface area contributed by atoms with Gasteiger partial charge in [-0.1, -0.05) is 6.07 Å². The molecule has 0 radical (unpaired) electrons. The highest BCUT2D eigenvalue weighted by Crippen LogP contribution is 2.21. The second kappa shape index (κ2) is 5.27. The van der Waals surface area contributed by atoms with Crippen molar-refractivity contribution in [1.82, 2.24) is 25.5 Å². The quantitative estimate of drug-likeness (QED) is 0.851. The number of nitrogens with zero attached hydrogens (tertiary/aromatic N) is 3. The van der Waals surface area contributed by atoms with Gasteiger partial charge < -0.3 is 5.32 Å². The van der Waals surface area contributed by atoms with E-state index in [2.05, 4.69) is 25.5 Å². The summed E-state index contributed by atoms with van der Waals surface area (Å²) in [6.45, 7) is 2.13. The van der Waals surface area contributed by atoms with E-state index in [0.29, 0.717) is 5.92 Å². The van der Waals surface area contributed by atoms with Crippen molar-refractivity contribution in [3.05, 3.63) is 41.7 Å². The molecule has 0 amide bonds. The number of nitrogens with one attached hydrogen (secondary N) is 2. The highest BCUT2D eigenvalue weighted by Gasteiger charge is 2.19. The molecule has 3 rings (SSSR count). The Morgan fingerprint density at radius 3 is 2.89 bits per heavy atom. The molecule has 1 aliphatic rings. The molecule has 94 valence electrons. The summed E-state index contributed by atoms with van der Waals surface area (Å²) >= 11 is 0. The smallest absolute Gasteiger partial charge is 0.153 e. The van der Waals surface area contributed by atoms with Crippen molar-refractivity contribution in [1.29, 1.82) is 0 Å². The predicted molar refractivity (Wildman–Crippen MR) is 68.3 cm³/mol. The van der Waals surface area contributed by atoms with Gasteiger partial charge in [0.25, 0.3) is 0 Å². The van der Waals surface area contributed by atoms with Crippen LogP contribution in [0, 0.1) is 0 Å². The average molecular weight is 243 g/mol. The van der Waals surface area contributed by atoms with E-state index < -0.39 is 0 Å². The number of rotatable bonds is 3. The van der Waals surface area contributed by atoms with Gasteiger partial charge in [0.1, 0.15) is 5.82 Å². The molecular weight excluding hydrogens is 226 g/mol. The zero-order valence-electron chi connectivity index (χ0n) is 10.3. The Labute approximate surface area is 106 Å². The third kappa shape index (κ3) is 2.56. The maximum absolute atomic E-state index is 4.59. The lowest BCUT2D eigenvalue weighted by Gasteiger charge is -2.19. The molecule has 0 aliphatic carbocycles. The van der Waals surface area contributed by atoms with Gasteiger partial charge in [-0.25, -0.2) is 4.98 Å². The monoisotopic (exact) mass is 243 g/mol. The molecule has 2 aromatic rings. The first-order valence-electron chi connectivity index (χ1n) is 6.43. The summed E-state index contributed by atoms with van der Waals surface area (Å²) in [5, 5.41) is 10.7. The molecule has 0 saturated carbocycles. The van der Waals surface area contributed by atoms with Gasteiger partial charge in [0.05, 0.1) is 0 Å². The van der Waals surface area contributed by atoms with Crippen molar-refractivity contribution >= 4 is 0 Å². The Kier molecular flexibility index (Phi) is 3.32. The lowest BCUT2D eigenvalue weighted by Crippen LogP contribution is -2.27. The molecule has 0 atom stereocenters. The van der Waals surface area contributed by atoms with Crippen LogP contribution < -0.4 is 5.32 Å². The summed E-state index contributed by atoms with van der Waals surface area (Å²) in [7, 11) is 0. The van der Waals surface area contributed by atoms with Crippen LogP contribution in [0.4, 0.5) is 0 Å². The first-order valence-corrected chi connectivity index (χ1v) is 6.43. The number of pyridine rings is 1. The summed E-state index contributed by atoms with van der Waals surface area (Å²) in [5.74, 6) is 2.37. The van der Waals surface area contributed by atoms with Crippen molar-refractivity contribution in [2.75, 3.05) is 13.1 Å². The molecule has 18 heavy (non-hydrogen) atoms. The number of aromatic nitrogens is 4. The molecule has 0 aromatic carbocycles. The molecule has 2 aromatic heterocycles. The Hall–Kier alpha value is -1.75. The van der Waals surface area contributed by atoms with Crippen molar-refractivity contribution in [2.24, 2.45) is 0 Å². The van der Waals surface area contributed by atoms with Crippen LogP contribution in [0.3, 0.4) is 0 Å². The van der Waals surface area contributed by atoms with E-state index in [1.807, 2.05) is 18.2 Å². The van der Waals surface area contributed by atoms with Gasteiger partial charge in [-0.2, -0.15) is 5.10 Å². The number of aromatic amines is 1. The lowest BCUT2D eigenvalue weighted by atomic mass is 9.98. The minimum absolute atomic E-state index is 0.500. The summed E-state index contributed by atoms with van der Waals surface area (Å²) in [5.41, 5.74) is 1.02. The standard InChI is InChI=1S/C13H17N5/c1-2-6-15-11(3-1)9-12-16-13(18-17-12)10-4-7-14-8-5-10/h1-3,6,10,14H,4-5,7-9H2,(H,16,17,18). The van der Waals surface area contributed by atoms with E-state index in [4.69, 9.17) is 0 Å². The van der Waals surface area contributed by atoms with E-state index in [1.54, 1.807) is 6.20 Å². The largest absolute Gasteiger partial charge is 0.317 e. The van der Waals surface area contributed by atoms with Crippen LogP contribution in [0.5, 0.6) is 0 Å². The summed E-state index contributed by atoms with van der Waals surface area (Å²) in [6, 6.07) is 5.92. The third-order valence-electron chi connectivity index (χ3n) is 3.33. The van der Waals surface area contributed by atoms with Gasteiger partial charge in [-0.05, 0) is 38.1 Å². The lowest BCUT2D eigenvalue weighted by molar-refractivity contribution is 0.446. The number of hydrogen-bond donors (Lipinski definition) is 2. The molecule has 1 saturated heterocycles. The van der Waals surface area contributed by atoms with Gasteiger partial charge in [0.2, 0.25) is 0 Å². The molecule has 5 heteroatoms. The first kappa shape index (κ1) is 11.3. The minimum Gasteiger partial charge on any atom is -0.317 e. The van der Waals surface area contributed by atoms with Crippen molar-refractivity contribution in [2.45, 2.75) is 25.2 Å². The maximum Gasteiger partial charge on any atom is 0.153 e. The molecular formula is C13H17N5. The number of piperidine rings is 1. The van der Waals surface area contributed by atoms with E-state index in [1.165, 1.54) is 0 Å². The fourth-order valence-electron chi connectivity index (χ4n) is 2.33. The Morgan fingerprint density at radius 2 is 2.11 bits per heavy atom. The van der Waals surface area contributed by atoms with Crippen molar-refractivity contribution in [3.63, 3.8) is 0 Å². The van der Waals surface area contributed by atoms with Crippen LogP contribution >= 0.6 is 0 Å². The molecule has 0 bridgehead atoms. The Bertz CT molecular complexity index is 487. The van der Waals surface area contributed by atoms with E-state index >= 15 is 0 Å². The van der Waals surface area contributed by atoms with Gasteiger partial charge in [0, 0.05) is 24.2 Å². The van der Waals surface area contributed by atoms with Crippen LogP contribution in [-0.4, -0.2) is 33.3 Å². The summed E-state index contributed by atoms with van der Waals surface area (Å²) in [6.07, 6.45) is 4.78. The van der Waals surface area contributed by atoms with Crippen LogP contribution in [0.1, 0.15) is 36.1 Å². The van der Waals surface area contributed by atoms with Gasteiger partial charge in [-0.15, -0.1) is 0 Å². The molecule has 5 nitrogen and oxygen atoms in total. The normalized spacial score (nSPS) is 16.9. The molecule has 1 fully saturated rings. The van der Waals surface area contributed by atoms with E-state index in [0.717, 1.165) is 49.7 Å². The number of H-pyrrole nitrogens is 1. The van der Waals surface area contributed by atoms with Crippen LogP contribution in [-0.2, 0) is 6.42 Å². The van der Waals surface area contributed by atoms with Gasteiger partial charge >= 0.3 is 0 Å². The zero-order valence-corrected chi connectivity index (χ0v) is 10.3. The Morgan fingerprint density at radius 1 is 1.22 bits per heavy atom. The number of hydrogen-bond acceptors (Lipinski definition) is 4. The van der Waals surface area contributed by atoms with Crippen molar-refractivity contribution < 1.29 is 0 Å². The van der Waals surface area contributed by atoms with Crippen LogP contribution in [0.2, 0.25) is 0 Å². The summed E-state index contributed by atoms with van der Waals surface area (Å²) < 4.78 is 0. The summed E-state index contributed by atoms with van der Waals surface area (Å²) in [4.78, 5) is 8.89. The van der Waals surface area contributed by atoms with Crippen molar-refractivity contribution in [3.8, 4) is 0 Å². The third-order valence-corrected chi connectivity index (χ3v) is 3.33. The topological polar surface area (TPSA) is 66.5 Å². The maximum atomic E-state index is 4.59. The highest BCUT2D eigenvalue weighted by molar-refractivity contribution is 5.10. The fourth-order valence-corrected chi connectivity index (χ4v) is 2.33. The predicted octanol–water partition coefficient (Wildman–Crippen LogP) is 1.26. The van der Waals surface area contributed by atoms with E-state index in [9.17, 15) is 0 Å².